The van der Waals surface area contributed by atoms with E-state index in [0.29, 0.717) is 6.04 Å². The number of H-pyrrole nitrogens is 1. The zero-order chi connectivity index (χ0) is 12.3. The summed E-state index contributed by atoms with van der Waals surface area (Å²) in [5, 5.41) is 0. The van der Waals surface area contributed by atoms with Gasteiger partial charge in [-0.05, 0) is 56.5 Å². The Morgan fingerprint density at radius 1 is 1.47 bits per heavy atom. The highest BCUT2D eigenvalue weighted by atomic mass is 32.1. The second-order valence-electron chi connectivity index (χ2n) is 4.98. The average Bonchev–Trinajstić information content (AvgIpc) is 2.31. The number of likely N-dealkylation sites (tertiary alicyclic amines) is 1. The molecule has 2 heterocycles. The highest BCUT2D eigenvalue weighted by molar-refractivity contribution is 7.71. The number of nitrogens with zero attached hydrogens (tertiary/aromatic N) is 1. The van der Waals surface area contributed by atoms with Gasteiger partial charge in [-0.25, -0.2) is 0 Å². The molecule has 1 aromatic rings. The molecule has 17 heavy (non-hydrogen) atoms. The van der Waals surface area contributed by atoms with Crippen LogP contribution in [0.25, 0.3) is 0 Å². The molecule has 94 valence electrons. The molecule has 0 aromatic carbocycles. The zero-order valence-electron chi connectivity index (χ0n) is 10.8. The van der Waals surface area contributed by atoms with Gasteiger partial charge in [0.05, 0.1) is 0 Å². The van der Waals surface area contributed by atoms with Crippen molar-refractivity contribution < 1.29 is 0 Å². The standard InChI is InChI=1S/C14H22N2S/c1-3-7-16-8-5-4-6-13(16)12-10-15-14(17)9-11(12)2/h9-10,13H,3-8H2,1-2H3,(H,15,17)/t13-/m1/s1. The maximum atomic E-state index is 5.17. The molecule has 0 radical (unpaired) electrons. The monoisotopic (exact) mass is 250 g/mol. The van der Waals surface area contributed by atoms with Gasteiger partial charge in [0, 0.05) is 12.2 Å². The number of aryl methyl sites for hydroxylation is 1. The lowest BCUT2D eigenvalue weighted by atomic mass is 9.93. The summed E-state index contributed by atoms with van der Waals surface area (Å²) in [6.45, 7) is 6.89. The van der Waals surface area contributed by atoms with E-state index in [4.69, 9.17) is 12.2 Å². The molecule has 0 saturated carbocycles. The summed E-state index contributed by atoms with van der Waals surface area (Å²) in [6, 6.07) is 2.68. The number of piperidine rings is 1. The Hall–Kier alpha value is -0.670. The number of aromatic amines is 1. The first-order valence-corrected chi connectivity index (χ1v) is 7.06. The molecule has 1 N–H and O–H groups in total. The topological polar surface area (TPSA) is 19.0 Å². The van der Waals surface area contributed by atoms with Gasteiger partial charge < -0.3 is 4.98 Å². The van der Waals surface area contributed by atoms with E-state index in [0.717, 1.165) is 4.64 Å². The molecule has 1 saturated heterocycles. The van der Waals surface area contributed by atoms with Crippen LogP contribution in [0.1, 0.15) is 49.8 Å². The van der Waals surface area contributed by atoms with E-state index >= 15 is 0 Å². The molecule has 1 atom stereocenters. The number of aromatic nitrogens is 1. The van der Waals surface area contributed by atoms with Gasteiger partial charge >= 0.3 is 0 Å². The van der Waals surface area contributed by atoms with Crippen molar-refractivity contribution >= 4 is 12.2 Å². The molecule has 0 spiro atoms. The van der Waals surface area contributed by atoms with Crippen molar-refractivity contribution in [1.29, 1.82) is 0 Å². The zero-order valence-corrected chi connectivity index (χ0v) is 11.6. The van der Waals surface area contributed by atoms with E-state index in [2.05, 4.69) is 36.0 Å². The third-order valence-corrected chi connectivity index (χ3v) is 3.89. The van der Waals surface area contributed by atoms with Crippen LogP contribution in [0.4, 0.5) is 0 Å². The summed E-state index contributed by atoms with van der Waals surface area (Å²) in [7, 11) is 0. The molecule has 0 bridgehead atoms. The maximum absolute atomic E-state index is 5.17. The van der Waals surface area contributed by atoms with Crippen molar-refractivity contribution in [3.63, 3.8) is 0 Å². The largest absolute Gasteiger partial charge is 0.353 e. The Morgan fingerprint density at radius 2 is 2.29 bits per heavy atom. The van der Waals surface area contributed by atoms with E-state index in [1.807, 2.05) is 0 Å². The minimum Gasteiger partial charge on any atom is -0.353 e. The molecule has 2 nitrogen and oxygen atoms in total. The Bertz CT molecular complexity index is 422. The predicted molar refractivity (Wildman–Crippen MR) is 74.8 cm³/mol. The number of pyridine rings is 1. The third kappa shape index (κ3) is 2.96. The first-order valence-electron chi connectivity index (χ1n) is 6.65. The van der Waals surface area contributed by atoms with Crippen LogP contribution in [-0.4, -0.2) is 23.0 Å². The van der Waals surface area contributed by atoms with E-state index in [-0.39, 0.29) is 0 Å². The number of nitrogens with one attached hydrogen (secondary N) is 1. The van der Waals surface area contributed by atoms with Crippen LogP contribution in [0.2, 0.25) is 0 Å². The first-order chi connectivity index (χ1) is 8.22. The summed E-state index contributed by atoms with van der Waals surface area (Å²) in [5.41, 5.74) is 2.77. The van der Waals surface area contributed by atoms with Gasteiger partial charge in [0.2, 0.25) is 0 Å². The van der Waals surface area contributed by atoms with Gasteiger partial charge in [-0.1, -0.05) is 25.6 Å². The molecule has 0 amide bonds. The van der Waals surface area contributed by atoms with Crippen LogP contribution in [0.5, 0.6) is 0 Å². The maximum Gasteiger partial charge on any atom is 0.103 e. The first kappa shape index (κ1) is 12.8. The normalized spacial score (nSPS) is 21.6. The minimum atomic E-state index is 0.593. The Kier molecular flexibility index (Phi) is 4.35. The van der Waals surface area contributed by atoms with E-state index in [9.17, 15) is 0 Å². The van der Waals surface area contributed by atoms with Crippen LogP contribution in [0.3, 0.4) is 0 Å². The average molecular weight is 250 g/mol. The fourth-order valence-corrected chi connectivity index (χ4v) is 3.08. The molecule has 1 fully saturated rings. The summed E-state index contributed by atoms with van der Waals surface area (Å²) in [5.74, 6) is 0. The second-order valence-corrected chi connectivity index (χ2v) is 5.42. The van der Waals surface area contributed by atoms with Crippen molar-refractivity contribution in [3.8, 4) is 0 Å². The summed E-state index contributed by atoms with van der Waals surface area (Å²) in [6.07, 6.45) is 7.33. The number of hydrogen-bond acceptors (Lipinski definition) is 2. The molecule has 3 heteroatoms. The van der Waals surface area contributed by atoms with Gasteiger partial charge in [0.25, 0.3) is 0 Å². The number of rotatable bonds is 3. The minimum absolute atomic E-state index is 0.593. The summed E-state index contributed by atoms with van der Waals surface area (Å²) >= 11 is 5.17. The SMILES string of the molecule is CCCN1CCCC[C@@H]1c1c[nH]c(=S)cc1C. The van der Waals surface area contributed by atoms with Gasteiger partial charge in [0.1, 0.15) is 4.64 Å². The molecule has 0 aliphatic carbocycles. The van der Waals surface area contributed by atoms with E-state index < -0.39 is 0 Å². The lowest BCUT2D eigenvalue weighted by Crippen LogP contribution is -2.34. The van der Waals surface area contributed by atoms with Crippen molar-refractivity contribution in [2.75, 3.05) is 13.1 Å². The smallest absolute Gasteiger partial charge is 0.103 e. The second kappa shape index (κ2) is 5.78. The Balaban J connectivity index is 2.26. The predicted octanol–water partition coefficient (Wildman–Crippen LogP) is 3.99. The molecule has 2 rings (SSSR count). The van der Waals surface area contributed by atoms with Gasteiger partial charge in [-0.15, -0.1) is 0 Å². The van der Waals surface area contributed by atoms with Gasteiger partial charge in [0.15, 0.2) is 0 Å². The molecule has 1 aliphatic rings. The molecule has 1 aliphatic heterocycles. The molecule has 1 aromatic heterocycles. The van der Waals surface area contributed by atoms with Crippen molar-refractivity contribution in [3.05, 3.63) is 28.0 Å². The van der Waals surface area contributed by atoms with Gasteiger partial charge in [-0.2, -0.15) is 0 Å². The molecule has 0 unspecified atom stereocenters. The fourth-order valence-electron chi connectivity index (χ4n) is 2.84. The van der Waals surface area contributed by atoms with Gasteiger partial charge in [-0.3, -0.25) is 4.90 Å². The number of hydrogen-bond donors (Lipinski definition) is 1. The lowest BCUT2D eigenvalue weighted by Gasteiger charge is -2.36. The van der Waals surface area contributed by atoms with Crippen molar-refractivity contribution in [1.82, 2.24) is 9.88 Å². The molecular weight excluding hydrogens is 228 g/mol. The quantitative estimate of drug-likeness (QED) is 0.818. The van der Waals surface area contributed by atoms with Crippen LogP contribution in [-0.2, 0) is 0 Å². The van der Waals surface area contributed by atoms with E-state index in [1.165, 1.54) is 49.9 Å². The van der Waals surface area contributed by atoms with E-state index in [1.54, 1.807) is 0 Å². The van der Waals surface area contributed by atoms with Crippen LogP contribution >= 0.6 is 12.2 Å². The van der Waals surface area contributed by atoms with Crippen LogP contribution in [0.15, 0.2) is 12.3 Å². The summed E-state index contributed by atoms with van der Waals surface area (Å²) < 4.78 is 0.837. The lowest BCUT2D eigenvalue weighted by molar-refractivity contribution is 0.148. The highest BCUT2D eigenvalue weighted by Gasteiger charge is 2.24. The van der Waals surface area contributed by atoms with Crippen molar-refractivity contribution in [2.45, 2.75) is 45.6 Å². The molecular formula is C14H22N2S. The van der Waals surface area contributed by atoms with Crippen molar-refractivity contribution in [2.24, 2.45) is 0 Å². The van der Waals surface area contributed by atoms with Crippen LogP contribution in [0, 0.1) is 11.6 Å². The highest BCUT2D eigenvalue weighted by Crippen LogP contribution is 2.32. The summed E-state index contributed by atoms with van der Waals surface area (Å²) in [4.78, 5) is 5.82. The third-order valence-electron chi connectivity index (χ3n) is 3.66. The van der Waals surface area contributed by atoms with Crippen LogP contribution < -0.4 is 0 Å². The Morgan fingerprint density at radius 3 is 3.00 bits per heavy atom. The fraction of sp³-hybridized carbons (Fsp3) is 0.643. The Labute approximate surface area is 109 Å².